The minimum atomic E-state index is -0.441. The SMILES string of the molecule is NC(=O)c1ccc(COc2ccc(-c3nnco3)cc2)cc1. The molecule has 3 rings (SSSR count). The monoisotopic (exact) mass is 295 g/mol. The molecule has 0 radical (unpaired) electrons. The predicted octanol–water partition coefficient (Wildman–Crippen LogP) is 2.41. The van der Waals surface area contributed by atoms with E-state index in [2.05, 4.69) is 10.2 Å². The first kappa shape index (κ1) is 13.8. The van der Waals surface area contributed by atoms with Crippen LogP contribution in [0, 0.1) is 0 Å². The molecule has 0 fully saturated rings. The van der Waals surface area contributed by atoms with Crippen molar-refractivity contribution in [2.24, 2.45) is 5.73 Å². The van der Waals surface area contributed by atoms with Gasteiger partial charge in [0, 0.05) is 11.1 Å². The van der Waals surface area contributed by atoms with Crippen LogP contribution in [0.2, 0.25) is 0 Å². The Morgan fingerprint density at radius 1 is 1.09 bits per heavy atom. The Hall–Kier alpha value is -3.15. The molecule has 1 aromatic heterocycles. The van der Waals surface area contributed by atoms with Crippen LogP contribution in [0.4, 0.5) is 0 Å². The van der Waals surface area contributed by atoms with E-state index < -0.39 is 5.91 Å². The van der Waals surface area contributed by atoms with Gasteiger partial charge in [-0.05, 0) is 42.0 Å². The molecule has 0 atom stereocenters. The number of aromatic nitrogens is 2. The van der Waals surface area contributed by atoms with E-state index >= 15 is 0 Å². The number of carbonyl (C=O) groups is 1. The fraction of sp³-hybridized carbons (Fsp3) is 0.0625. The van der Waals surface area contributed by atoms with Crippen LogP contribution in [-0.2, 0) is 6.61 Å². The number of primary amides is 1. The van der Waals surface area contributed by atoms with Gasteiger partial charge in [0.15, 0.2) is 0 Å². The summed E-state index contributed by atoms with van der Waals surface area (Å²) >= 11 is 0. The Bertz CT molecular complexity index is 750. The molecule has 1 heterocycles. The molecule has 0 aliphatic rings. The largest absolute Gasteiger partial charge is 0.489 e. The van der Waals surface area contributed by atoms with Crippen molar-refractivity contribution in [2.45, 2.75) is 6.61 Å². The number of ether oxygens (including phenoxy) is 1. The number of hydrogen-bond donors (Lipinski definition) is 1. The molecule has 0 spiro atoms. The van der Waals surface area contributed by atoms with Crippen LogP contribution in [-0.4, -0.2) is 16.1 Å². The number of amides is 1. The lowest BCUT2D eigenvalue weighted by Crippen LogP contribution is -2.10. The molecule has 2 aromatic carbocycles. The Morgan fingerprint density at radius 2 is 1.82 bits per heavy atom. The van der Waals surface area contributed by atoms with Gasteiger partial charge in [0.05, 0.1) is 0 Å². The molecule has 3 aromatic rings. The summed E-state index contributed by atoms with van der Waals surface area (Å²) in [6, 6.07) is 14.3. The lowest BCUT2D eigenvalue weighted by molar-refractivity contribution is 0.1000. The van der Waals surface area contributed by atoms with Crippen molar-refractivity contribution >= 4 is 5.91 Å². The summed E-state index contributed by atoms with van der Waals surface area (Å²) in [6.45, 7) is 0.402. The van der Waals surface area contributed by atoms with Crippen molar-refractivity contribution in [2.75, 3.05) is 0 Å². The van der Waals surface area contributed by atoms with E-state index in [1.54, 1.807) is 12.1 Å². The number of carbonyl (C=O) groups excluding carboxylic acids is 1. The minimum absolute atomic E-state index is 0.402. The van der Waals surface area contributed by atoms with E-state index in [4.69, 9.17) is 14.9 Å². The molecule has 0 bridgehead atoms. The van der Waals surface area contributed by atoms with E-state index in [0.717, 1.165) is 16.9 Å². The summed E-state index contributed by atoms with van der Waals surface area (Å²) in [5, 5.41) is 7.47. The Labute approximate surface area is 126 Å². The molecule has 0 aliphatic carbocycles. The first-order chi connectivity index (χ1) is 10.7. The normalized spacial score (nSPS) is 10.4. The molecular weight excluding hydrogens is 282 g/mol. The van der Waals surface area contributed by atoms with E-state index in [1.807, 2.05) is 36.4 Å². The average Bonchev–Trinajstić information content (AvgIpc) is 3.08. The Kier molecular flexibility index (Phi) is 3.82. The van der Waals surface area contributed by atoms with Gasteiger partial charge in [0.25, 0.3) is 0 Å². The molecule has 0 saturated heterocycles. The highest BCUT2D eigenvalue weighted by Gasteiger charge is 2.04. The standard InChI is InChI=1S/C16H13N3O3/c17-15(20)12-3-1-11(2-4-12)9-21-14-7-5-13(6-8-14)16-19-18-10-22-16/h1-8,10H,9H2,(H2,17,20). The van der Waals surface area contributed by atoms with Crippen molar-refractivity contribution in [3.05, 3.63) is 66.1 Å². The van der Waals surface area contributed by atoms with E-state index in [-0.39, 0.29) is 0 Å². The van der Waals surface area contributed by atoms with Crippen LogP contribution in [0.1, 0.15) is 15.9 Å². The quantitative estimate of drug-likeness (QED) is 0.780. The predicted molar refractivity (Wildman–Crippen MR) is 79.0 cm³/mol. The van der Waals surface area contributed by atoms with Crippen LogP contribution < -0.4 is 10.5 Å². The van der Waals surface area contributed by atoms with E-state index in [0.29, 0.717) is 18.1 Å². The maximum absolute atomic E-state index is 11.0. The van der Waals surface area contributed by atoms with Crippen LogP contribution in [0.3, 0.4) is 0 Å². The lowest BCUT2D eigenvalue weighted by Gasteiger charge is -2.07. The van der Waals surface area contributed by atoms with Crippen molar-refractivity contribution < 1.29 is 13.9 Å². The van der Waals surface area contributed by atoms with Gasteiger partial charge in [-0.15, -0.1) is 10.2 Å². The van der Waals surface area contributed by atoms with E-state index in [9.17, 15) is 4.79 Å². The van der Waals surface area contributed by atoms with Gasteiger partial charge >= 0.3 is 0 Å². The fourth-order valence-electron chi connectivity index (χ4n) is 1.92. The highest BCUT2D eigenvalue weighted by molar-refractivity contribution is 5.92. The minimum Gasteiger partial charge on any atom is -0.489 e. The second-order valence-corrected chi connectivity index (χ2v) is 4.62. The fourth-order valence-corrected chi connectivity index (χ4v) is 1.92. The molecule has 0 unspecified atom stereocenters. The van der Waals surface area contributed by atoms with Gasteiger partial charge in [-0.25, -0.2) is 0 Å². The highest BCUT2D eigenvalue weighted by atomic mass is 16.5. The number of nitrogens with zero attached hydrogens (tertiary/aromatic N) is 2. The zero-order valence-electron chi connectivity index (χ0n) is 11.6. The third-order valence-corrected chi connectivity index (χ3v) is 3.11. The summed E-state index contributed by atoms with van der Waals surface area (Å²) in [5.41, 5.74) is 7.45. The lowest BCUT2D eigenvalue weighted by atomic mass is 10.1. The highest BCUT2D eigenvalue weighted by Crippen LogP contribution is 2.20. The number of hydrogen-bond acceptors (Lipinski definition) is 5. The number of rotatable bonds is 5. The van der Waals surface area contributed by atoms with Crippen molar-refractivity contribution in [1.29, 1.82) is 0 Å². The molecule has 0 saturated carbocycles. The van der Waals surface area contributed by atoms with Crippen LogP contribution in [0.5, 0.6) is 5.75 Å². The second kappa shape index (κ2) is 6.09. The summed E-state index contributed by atoms with van der Waals surface area (Å²) in [4.78, 5) is 11.0. The zero-order valence-corrected chi connectivity index (χ0v) is 11.6. The first-order valence-electron chi connectivity index (χ1n) is 6.60. The molecule has 0 aliphatic heterocycles. The number of nitrogens with two attached hydrogens (primary N) is 1. The molecule has 1 amide bonds. The number of benzene rings is 2. The van der Waals surface area contributed by atoms with Crippen LogP contribution in [0.15, 0.2) is 59.3 Å². The summed E-state index contributed by atoms with van der Waals surface area (Å²) in [7, 11) is 0. The molecule has 6 nitrogen and oxygen atoms in total. The molecule has 22 heavy (non-hydrogen) atoms. The molecule has 2 N–H and O–H groups in total. The van der Waals surface area contributed by atoms with Gasteiger partial charge < -0.3 is 14.9 Å². The van der Waals surface area contributed by atoms with Crippen molar-refractivity contribution in [3.63, 3.8) is 0 Å². The van der Waals surface area contributed by atoms with Crippen LogP contribution in [0.25, 0.3) is 11.5 Å². The van der Waals surface area contributed by atoms with Gasteiger partial charge in [-0.2, -0.15) is 0 Å². The second-order valence-electron chi connectivity index (χ2n) is 4.62. The van der Waals surface area contributed by atoms with E-state index in [1.165, 1.54) is 6.39 Å². The van der Waals surface area contributed by atoms with Crippen LogP contribution >= 0.6 is 0 Å². The smallest absolute Gasteiger partial charge is 0.248 e. The van der Waals surface area contributed by atoms with Gasteiger partial charge in [0.2, 0.25) is 18.2 Å². The van der Waals surface area contributed by atoms with Gasteiger partial charge in [0.1, 0.15) is 12.4 Å². The maximum atomic E-state index is 11.0. The summed E-state index contributed by atoms with van der Waals surface area (Å²) in [5.74, 6) is 0.750. The molecule has 6 heteroatoms. The topological polar surface area (TPSA) is 91.2 Å². The van der Waals surface area contributed by atoms with Gasteiger partial charge in [-0.3, -0.25) is 4.79 Å². The van der Waals surface area contributed by atoms with Gasteiger partial charge in [-0.1, -0.05) is 12.1 Å². The van der Waals surface area contributed by atoms with Crippen molar-refractivity contribution in [3.8, 4) is 17.2 Å². The first-order valence-corrected chi connectivity index (χ1v) is 6.60. The average molecular weight is 295 g/mol. The third-order valence-electron chi connectivity index (χ3n) is 3.11. The van der Waals surface area contributed by atoms with Crippen molar-refractivity contribution in [1.82, 2.24) is 10.2 Å². The summed E-state index contributed by atoms with van der Waals surface area (Å²) < 4.78 is 10.8. The Balaban J connectivity index is 1.63. The third kappa shape index (κ3) is 3.12. The summed E-state index contributed by atoms with van der Waals surface area (Å²) in [6.07, 6.45) is 1.29. The zero-order chi connectivity index (χ0) is 15.4. The maximum Gasteiger partial charge on any atom is 0.248 e. The Morgan fingerprint density at radius 3 is 2.41 bits per heavy atom. The molecular formula is C16H13N3O3. The molecule has 110 valence electrons.